The molecule has 1 amide bonds. The number of fused-ring (bicyclic) bond motifs is 1. The van der Waals surface area contributed by atoms with E-state index in [-0.39, 0.29) is 11.2 Å². The van der Waals surface area contributed by atoms with Crippen LogP contribution in [0.25, 0.3) is 16.7 Å². The number of rotatable bonds is 6. The molecule has 30 heavy (non-hydrogen) atoms. The highest BCUT2D eigenvalue weighted by atomic mass is 32.2. The van der Waals surface area contributed by atoms with Gasteiger partial charge in [0.1, 0.15) is 11.2 Å². The Morgan fingerprint density at radius 1 is 1.30 bits per heavy atom. The van der Waals surface area contributed by atoms with Crippen LogP contribution in [0.3, 0.4) is 0 Å². The average molecular weight is 427 g/mol. The van der Waals surface area contributed by atoms with Crippen LogP contribution in [0.4, 0.5) is 0 Å². The minimum Gasteiger partial charge on any atom is -0.497 e. The predicted octanol–water partition coefficient (Wildman–Crippen LogP) is 3.04. The Bertz CT molecular complexity index is 1110. The number of nitrogens with zero attached hydrogens (tertiary/aromatic N) is 4. The van der Waals surface area contributed by atoms with Crippen LogP contribution in [-0.2, 0) is 4.79 Å². The van der Waals surface area contributed by atoms with Crippen LogP contribution in [0.1, 0.15) is 31.9 Å². The molecule has 1 aliphatic heterocycles. The first kappa shape index (κ1) is 20.5. The first-order chi connectivity index (χ1) is 14.5. The normalized spacial score (nSPS) is 15.0. The van der Waals surface area contributed by atoms with Crippen LogP contribution in [-0.4, -0.2) is 56.0 Å². The van der Waals surface area contributed by atoms with E-state index in [0.29, 0.717) is 28.1 Å². The Balaban J connectivity index is 1.80. The molecule has 1 fully saturated rings. The summed E-state index contributed by atoms with van der Waals surface area (Å²) in [5.74, 6) is 0.886. The molecule has 0 radical (unpaired) electrons. The second-order valence-electron chi connectivity index (χ2n) is 7.37. The number of ether oxygens (including phenoxy) is 1. The molecule has 2 aromatic heterocycles. The molecule has 1 saturated heterocycles. The summed E-state index contributed by atoms with van der Waals surface area (Å²) in [5.41, 5.74) is 2.37. The average Bonchev–Trinajstić information content (AvgIpc) is 3.42. The Morgan fingerprint density at radius 2 is 2.00 bits per heavy atom. The molecule has 158 valence electrons. The summed E-state index contributed by atoms with van der Waals surface area (Å²) in [4.78, 5) is 19.7. The quantitative estimate of drug-likeness (QED) is 0.466. The molecule has 4 rings (SSSR count). The Kier molecular flexibility index (Phi) is 5.80. The van der Waals surface area contributed by atoms with Crippen molar-refractivity contribution in [3.8, 4) is 11.4 Å². The molecule has 8 nitrogen and oxygen atoms in total. The van der Waals surface area contributed by atoms with Gasteiger partial charge in [-0.1, -0.05) is 18.7 Å². The number of methoxy groups -OCH3 is 1. The number of aryl methyl sites for hydroxylation is 1. The molecule has 9 heteroatoms. The number of carbonyl (C=O) groups is 1. The second-order valence-corrected chi connectivity index (χ2v) is 8.54. The van der Waals surface area contributed by atoms with Gasteiger partial charge in [-0.25, -0.2) is 4.98 Å². The van der Waals surface area contributed by atoms with E-state index in [9.17, 15) is 4.79 Å². The highest BCUT2D eigenvalue weighted by Crippen LogP contribution is 2.29. The third-order valence-electron chi connectivity index (χ3n) is 5.42. The SMILES string of the molecule is CCC(Sc1nc2n[nH]c(C)c2c(=N)n1-c1ccc(OC)cc1)C(=O)N1CCCC1. The van der Waals surface area contributed by atoms with Crippen molar-refractivity contribution in [2.24, 2.45) is 0 Å². The zero-order valence-corrected chi connectivity index (χ0v) is 18.3. The summed E-state index contributed by atoms with van der Waals surface area (Å²) in [6.07, 6.45) is 2.81. The van der Waals surface area contributed by atoms with E-state index in [1.807, 2.05) is 43.0 Å². The van der Waals surface area contributed by atoms with Gasteiger partial charge in [0.2, 0.25) is 5.91 Å². The first-order valence-electron chi connectivity index (χ1n) is 10.2. The molecule has 0 spiro atoms. The first-order valence-corrected chi connectivity index (χ1v) is 11.0. The number of carbonyl (C=O) groups excluding carboxylic acids is 1. The van der Waals surface area contributed by atoms with Crippen LogP contribution in [0.2, 0.25) is 0 Å². The van der Waals surface area contributed by atoms with Crippen LogP contribution in [0.5, 0.6) is 5.75 Å². The lowest BCUT2D eigenvalue weighted by Crippen LogP contribution is -2.35. The molecule has 0 aliphatic carbocycles. The minimum atomic E-state index is -0.253. The van der Waals surface area contributed by atoms with Crippen LogP contribution < -0.4 is 10.2 Å². The van der Waals surface area contributed by atoms with Crippen molar-refractivity contribution in [2.45, 2.75) is 43.5 Å². The molecular formula is C21H26N6O2S. The van der Waals surface area contributed by atoms with E-state index in [2.05, 4.69) is 10.2 Å². The Morgan fingerprint density at radius 3 is 2.63 bits per heavy atom. The monoisotopic (exact) mass is 426 g/mol. The molecule has 0 saturated carbocycles. The highest BCUT2D eigenvalue weighted by molar-refractivity contribution is 8.00. The number of aromatic amines is 1. The predicted molar refractivity (Wildman–Crippen MR) is 116 cm³/mol. The van der Waals surface area contributed by atoms with E-state index in [0.717, 1.165) is 43.1 Å². The molecule has 1 aromatic carbocycles. The summed E-state index contributed by atoms with van der Waals surface area (Å²) in [5, 5.41) is 17.1. The minimum absolute atomic E-state index is 0.146. The number of amides is 1. The van der Waals surface area contributed by atoms with Gasteiger partial charge < -0.3 is 9.64 Å². The lowest BCUT2D eigenvalue weighted by molar-refractivity contribution is -0.129. The molecule has 1 atom stereocenters. The van der Waals surface area contributed by atoms with Crippen molar-refractivity contribution in [3.05, 3.63) is 35.4 Å². The lowest BCUT2D eigenvalue weighted by atomic mass is 10.2. The topological polar surface area (TPSA) is 99.9 Å². The van der Waals surface area contributed by atoms with Crippen molar-refractivity contribution in [1.29, 1.82) is 5.41 Å². The van der Waals surface area contributed by atoms with Crippen molar-refractivity contribution in [2.75, 3.05) is 20.2 Å². The molecule has 3 aromatic rings. The molecule has 2 N–H and O–H groups in total. The standard InChI is InChI=1S/C21H26N6O2S/c1-4-16(20(28)26-11-5-6-12-26)30-21-23-19-17(13(2)24-25-19)18(22)27(21)14-7-9-15(29-3)10-8-14/h7-10,16,22H,4-6,11-12H2,1-3H3,(H,24,25). The van der Waals surface area contributed by atoms with E-state index >= 15 is 0 Å². The van der Waals surface area contributed by atoms with Gasteiger partial charge in [-0.15, -0.1) is 0 Å². The summed E-state index contributed by atoms with van der Waals surface area (Å²) in [6.45, 7) is 5.54. The van der Waals surface area contributed by atoms with Crippen molar-refractivity contribution < 1.29 is 9.53 Å². The summed E-state index contributed by atoms with van der Waals surface area (Å²) >= 11 is 1.41. The number of thioether (sulfide) groups is 1. The molecule has 1 aliphatic rings. The van der Waals surface area contributed by atoms with Gasteiger partial charge >= 0.3 is 0 Å². The van der Waals surface area contributed by atoms with Crippen molar-refractivity contribution in [1.82, 2.24) is 24.6 Å². The van der Waals surface area contributed by atoms with Gasteiger partial charge in [0, 0.05) is 24.5 Å². The zero-order valence-electron chi connectivity index (χ0n) is 17.4. The van der Waals surface area contributed by atoms with Gasteiger partial charge in [0.15, 0.2) is 10.8 Å². The molecule has 3 heterocycles. The summed E-state index contributed by atoms with van der Waals surface area (Å²) in [7, 11) is 1.62. The maximum absolute atomic E-state index is 13.0. The van der Waals surface area contributed by atoms with E-state index in [1.165, 1.54) is 11.8 Å². The van der Waals surface area contributed by atoms with E-state index < -0.39 is 0 Å². The Hall–Kier alpha value is -2.81. The van der Waals surface area contributed by atoms with Gasteiger partial charge in [-0.2, -0.15) is 5.10 Å². The number of hydrogen-bond donors (Lipinski definition) is 2. The number of hydrogen-bond acceptors (Lipinski definition) is 6. The number of benzene rings is 1. The third kappa shape index (κ3) is 3.69. The fraction of sp³-hybridized carbons (Fsp3) is 0.429. The zero-order chi connectivity index (χ0) is 21.3. The largest absolute Gasteiger partial charge is 0.497 e. The summed E-state index contributed by atoms with van der Waals surface area (Å²) < 4.78 is 7.06. The molecular weight excluding hydrogens is 400 g/mol. The maximum atomic E-state index is 13.0. The fourth-order valence-electron chi connectivity index (χ4n) is 3.76. The van der Waals surface area contributed by atoms with E-state index in [4.69, 9.17) is 15.1 Å². The van der Waals surface area contributed by atoms with Gasteiger partial charge in [0.05, 0.1) is 17.7 Å². The summed E-state index contributed by atoms with van der Waals surface area (Å²) in [6, 6.07) is 7.50. The third-order valence-corrected chi connectivity index (χ3v) is 6.73. The van der Waals surface area contributed by atoms with Crippen molar-refractivity contribution in [3.63, 3.8) is 0 Å². The number of H-pyrrole nitrogens is 1. The number of aromatic nitrogens is 4. The van der Waals surface area contributed by atoms with Gasteiger partial charge in [-0.3, -0.25) is 19.9 Å². The Labute approximate surface area is 179 Å². The molecule has 1 unspecified atom stereocenters. The second kappa shape index (κ2) is 8.51. The van der Waals surface area contributed by atoms with Crippen LogP contribution >= 0.6 is 11.8 Å². The highest BCUT2D eigenvalue weighted by Gasteiger charge is 2.28. The maximum Gasteiger partial charge on any atom is 0.236 e. The number of nitrogens with one attached hydrogen (secondary N) is 2. The smallest absolute Gasteiger partial charge is 0.236 e. The van der Waals surface area contributed by atoms with Crippen molar-refractivity contribution >= 4 is 28.7 Å². The van der Waals surface area contributed by atoms with Crippen LogP contribution in [0, 0.1) is 12.3 Å². The van der Waals surface area contributed by atoms with Crippen LogP contribution in [0.15, 0.2) is 29.4 Å². The van der Waals surface area contributed by atoms with E-state index in [1.54, 1.807) is 11.7 Å². The lowest BCUT2D eigenvalue weighted by Gasteiger charge is -2.23. The fourth-order valence-corrected chi connectivity index (χ4v) is 4.87. The number of likely N-dealkylation sites (tertiary alicyclic amines) is 1. The van der Waals surface area contributed by atoms with Gasteiger partial charge in [0.25, 0.3) is 0 Å². The van der Waals surface area contributed by atoms with Gasteiger partial charge in [-0.05, 0) is 50.5 Å². The molecule has 0 bridgehead atoms.